The van der Waals surface area contributed by atoms with Gasteiger partial charge in [0.05, 0.1) is 22.9 Å². The third-order valence-corrected chi connectivity index (χ3v) is 5.60. The molecule has 0 saturated carbocycles. The zero-order valence-electron chi connectivity index (χ0n) is 10.6. The molecule has 2 rings (SSSR count). The van der Waals surface area contributed by atoms with Crippen molar-refractivity contribution in [2.45, 2.75) is 24.8 Å². The van der Waals surface area contributed by atoms with Gasteiger partial charge >= 0.3 is 0 Å². The van der Waals surface area contributed by atoms with Crippen LogP contribution in [0.15, 0.2) is 24.3 Å². The monoisotopic (exact) mass is 301 g/mol. The molecule has 1 aliphatic heterocycles. The Balaban J connectivity index is 2.05. The summed E-state index contributed by atoms with van der Waals surface area (Å²) in [6.45, 7) is 2.04. The SMILES string of the molecule is CCc1ccc(C(=O)NC2CS(=O)(=O)CC2Cl)cc1. The van der Waals surface area contributed by atoms with E-state index in [1.165, 1.54) is 0 Å². The van der Waals surface area contributed by atoms with E-state index in [1.54, 1.807) is 12.1 Å². The number of alkyl halides is 1. The van der Waals surface area contributed by atoms with Gasteiger partial charge in [-0.05, 0) is 24.1 Å². The molecular weight excluding hydrogens is 286 g/mol. The maximum absolute atomic E-state index is 12.0. The van der Waals surface area contributed by atoms with Gasteiger partial charge in [-0.3, -0.25) is 4.79 Å². The first-order chi connectivity index (χ1) is 8.91. The van der Waals surface area contributed by atoms with E-state index in [-0.39, 0.29) is 17.4 Å². The Morgan fingerprint density at radius 3 is 2.42 bits per heavy atom. The number of sulfone groups is 1. The summed E-state index contributed by atoms with van der Waals surface area (Å²) >= 11 is 5.95. The Labute approximate surface area is 118 Å². The van der Waals surface area contributed by atoms with Crippen LogP contribution >= 0.6 is 11.6 Å². The minimum Gasteiger partial charge on any atom is -0.347 e. The molecule has 1 aromatic rings. The van der Waals surface area contributed by atoms with Gasteiger partial charge in [0.1, 0.15) is 0 Å². The van der Waals surface area contributed by atoms with E-state index in [2.05, 4.69) is 5.32 Å². The summed E-state index contributed by atoms with van der Waals surface area (Å²) in [5.74, 6) is -0.441. The lowest BCUT2D eigenvalue weighted by molar-refractivity contribution is 0.0941. The summed E-state index contributed by atoms with van der Waals surface area (Å²) in [5.41, 5.74) is 1.67. The van der Waals surface area contributed by atoms with Gasteiger partial charge in [0, 0.05) is 5.56 Å². The average Bonchev–Trinajstić information content (AvgIpc) is 2.62. The molecule has 2 unspecified atom stereocenters. The lowest BCUT2D eigenvalue weighted by Gasteiger charge is -2.14. The largest absolute Gasteiger partial charge is 0.347 e. The third-order valence-electron chi connectivity index (χ3n) is 3.22. The molecule has 1 aliphatic rings. The summed E-state index contributed by atoms with van der Waals surface area (Å²) in [6.07, 6.45) is 0.909. The van der Waals surface area contributed by atoms with E-state index in [0.717, 1.165) is 12.0 Å². The van der Waals surface area contributed by atoms with Crippen molar-refractivity contribution in [1.82, 2.24) is 5.32 Å². The first-order valence-corrected chi connectivity index (χ1v) is 8.41. The molecule has 1 saturated heterocycles. The first kappa shape index (κ1) is 14.3. The molecule has 1 N–H and O–H groups in total. The third kappa shape index (κ3) is 3.48. The number of rotatable bonds is 3. The Morgan fingerprint density at radius 1 is 1.32 bits per heavy atom. The van der Waals surface area contributed by atoms with Gasteiger partial charge in [-0.1, -0.05) is 19.1 Å². The van der Waals surface area contributed by atoms with Crippen molar-refractivity contribution in [2.24, 2.45) is 0 Å². The molecule has 0 aromatic heterocycles. The van der Waals surface area contributed by atoms with Crippen molar-refractivity contribution in [2.75, 3.05) is 11.5 Å². The molecule has 1 aromatic carbocycles. The fourth-order valence-electron chi connectivity index (χ4n) is 2.08. The van der Waals surface area contributed by atoms with Crippen molar-refractivity contribution >= 4 is 27.3 Å². The van der Waals surface area contributed by atoms with Crippen LogP contribution < -0.4 is 5.32 Å². The molecule has 104 valence electrons. The molecule has 1 heterocycles. The second-order valence-corrected chi connectivity index (χ2v) is 7.44. The molecule has 0 bridgehead atoms. The number of amides is 1. The quantitative estimate of drug-likeness (QED) is 0.858. The molecule has 2 atom stereocenters. The standard InChI is InChI=1S/C13H16ClNO3S/c1-2-9-3-5-10(6-4-9)13(16)15-12-8-19(17,18)7-11(12)14/h3-6,11-12H,2,7-8H2,1H3,(H,15,16). The van der Waals surface area contributed by atoms with Gasteiger partial charge in [0.2, 0.25) is 0 Å². The maximum atomic E-state index is 12.0. The van der Waals surface area contributed by atoms with Crippen LogP contribution in [-0.2, 0) is 16.3 Å². The summed E-state index contributed by atoms with van der Waals surface area (Å²) in [7, 11) is -3.13. The average molecular weight is 302 g/mol. The Hall–Kier alpha value is -1.07. The van der Waals surface area contributed by atoms with Crippen molar-refractivity contribution in [1.29, 1.82) is 0 Å². The van der Waals surface area contributed by atoms with Gasteiger partial charge in [-0.25, -0.2) is 8.42 Å². The van der Waals surface area contributed by atoms with Crippen LogP contribution in [0.4, 0.5) is 0 Å². The number of nitrogens with one attached hydrogen (secondary N) is 1. The summed E-state index contributed by atoms with van der Waals surface area (Å²) < 4.78 is 22.8. The second kappa shape index (κ2) is 5.51. The van der Waals surface area contributed by atoms with Crippen molar-refractivity contribution < 1.29 is 13.2 Å². The van der Waals surface area contributed by atoms with Crippen molar-refractivity contribution in [3.05, 3.63) is 35.4 Å². The van der Waals surface area contributed by atoms with Crippen LogP contribution in [0.25, 0.3) is 0 Å². The fourth-order valence-corrected chi connectivity index (χ4v) is 4.63. The topological polar surface area (TPSA) is 63.2 Å². The smallest absolute Gasteiger partial charge is 0.251 e. The number of hydrogen-bond donors (Lipinski definition) is 1. The molecule has 1 fully saturated rings. The summed E-state index contributed by atoms with van der Waals surface area (Å²) in [5, 5.41) is 2.14. The second-order valence-electron chi connectivity index (χ2n) is 4.72. The highest BCUT2D eigenvalue weighted by atomic mass is 35.5. The van der Waals surface area contributed by atoms with E-state index in [1.807, 2.05) is 19.1 Å². The van der Waals surface area contributed by atoms with Gasteiger partial charge in [-0.15, -0.1) is 11.6 Å². The van der Waals surface area contributed by atoms with Gasteiger partial charge in [0.15, 0.2) is 9.84 Å². The Kier molecular flexibility index (Phi) is 4.16. The van der Waals surface area contributed by atoms with Gasteiger partial charge in [-0.2, -0.15) is 0 Å². The van der Waals surface area contributed by atoms with E-state index in [4.69, 9.17) is 11.6 Å². The van der Waals surface area contributed by atoms with Crippen LogP contribution in [0, 0.1) is 0 Å². The molecule has 4 nitrogen and oxygen atoms in total. The fraction of sp³-hybridized carbons (Fsp3) is 0.462. The Bertz CT molecular complexity index is 568. The number of carbonyl (C=O) groups is 1. The number of hydrogen-bond acceptors (Lipinski definition) is 3. The molecule has 19 heavy (non-hydrogen) atoms. The normalized spacial score (nSPS) is 25.2. The van der Waals surface area contributed by atoms with E-state index >= 15 is 0 Å². The van der Waals surface area contributed by atoms with Crippen molar-refractivity contribution in [3.63, 3.8) is 0 Å². The van der Waals surface area contributed by atoms with E-state index in [9.17, 15) is 13.2 Å². The Morgan fingerprint density at radius 2 is 1.95 bits per heavy atom. The van der Waals surface area contributed by atoms with Gasteiger partial charge in [0.25, 0.3) is 5.91 Å². The van der Waals surface area contributed by atoms with E-state index < -0.39 is 21.3 Å². The summed E-state index contributed by atoms with van der Waals surface area (Å²) in [6, 6.07) is 6.74. The van der Waals surface area contributed by atoms with Crippen molar-refractivity contribution in [3.8, 4) is 0 Å². The molecule has 6 heteroatoms. The number of aryl methyl sites for hydroxylation is 1. The predicted molar refractivity (Wildman–Crippen MR) is 75.4 cm³/mol. The van der Waals surface area contributed by atoms with Crippen LogP contribution in [0.3, 0.4) is 0 Å². The number of benzene rings is 1. The van der Waals surface area contributed by atoms with Crippen LogP contribution in [-0.4, -0.2) is 37.2 Å². The minimum absolute atomic E-state index is 0.0751. The van der Waals surface area contributed by atoms with Crippen LogP contribution in [0.2, 0.25) is 0 Å². The number of carbonyl (C=O) groups excluding carboxylic acids is 1. The zero-order valence-corrected chi connectivity index (χ0v) is 12.2. The highest BCUT2D eigenvalue weighted by Crippen LogP contribution is 2.18. The first-order valence-electron chi connectivity index (χ1n) is 6.15. The lowest BCUT2D eigenvalue weighted by Crippen LogP contribution is -2.40. The maximum Gasteiger partial charge on any atom is 0.251 e. The molecule has 0 radical (unpaired) electrons. The van der Waals surface area contributed by atoms with E-state index in [0.29, 0.717) is 5.56 Å². The number of halogens is 1. The molecule has 0 aliphatic carbocycles. The molecule has 1 amide bonds. The highest BCUT2D eigenvalue weighted by molar-refractivity contribution is 7.91. The lowest BCUT2D eigenvalue weighted by atomic mass is 10.1. The highest BCUT2D eigenvalue weighted by Gasteiger charge is 2.37. The van der Waals surface area contributed by atoms with Crippen LogP contribution in [0.5, 0.6) is 0 Å². The van der Waals surface area contributed by atoms with Gasteiger partial charge < -0.3 is 5.32 Å². The predicted octanol–water partition coefficient (Wildman–Crippen LogP) is 1.38. The minimum atomic E-state index is -3.13. The summed E-state index contributed by atoms with van der Waals surface area (Å²) in [4.78, 5) is 12.0. The zero-order chi connectivity index (χ0) is 14.0. The van der Waals surface area contributed by atoms with Crippen LogP contribution in [0.1, 0.15) is 22.8 Å². The molecular formula is C13H16ClNO3S. The molecule has 0 spiro atoms.